The molecule has 0 bridgehead atoms. The van der Waals surface area contributed by atoms with Gasteiger partial charge in [0.25, 0.3) is 0 Å². The number of thiol groups is 1. The van der Waals surface area contributed by atoms with Crippen LogP contribution in [0.5, 0.6) is 0 Å². The molecule has 1 atom stereocenters. The first kappa shape index (κ1) is 9.49. The maximum Gasteiger partial charge on any atom is 0.217 e. The highest BCUT2D eigenvalue weighted by atomic mass is 32.1. The van der Waals surface area contributed by atoms with Gasteiger partial charge in [0.05, 0.1) is 6.04 Å². The van der Waals surface area contributed by atoms with E-state index in [9.17, 15) is 4.79 Å². The van der Waals surface area contributed by atoms with Gasteiger partial charge >= 0.3 is 0 Å². The summed E-state index contributed by atoms with van der Waals surface area (Å²) >= 11 is 3.97. The van der Waals surface area contributed by atoms with Crippen LogP contribution < -0.4 is 5.32 Å². The molecule has 0 saturated heterocycles. The van der Waals surface area contributed by atoms with Gasteiger partial charge in [0.15, 0.2) is 0 Å². The van der Waals surface area contributed by atoms with Crippen molar-refractivity contribution in [2.75, 3.05) is 5.75 Å². The van der Waals surface area contributed by atoms with Gasteiger partial charge in [-0.25, -0.2) is 0 Å². The third kappa shape index (κ3) is 3.50. The van der Waals surface area contributed by atoms with Crippen molar-refractivity contribution in [1.29, 1.82) is 5.41 Å². The molecule has 0 aliphatic carbocycles. The molecule has 0 fully saturated rings. The first-order valence-electron chi connectivity index (χ1n) is 3.01. The molecule has 0 aromatic carbocycles. The van der Waals surface area contributed by atoms with Crippen LogP contribution in [0, 0.1) is 5.41 Å². The van der Waals surface area contributed by atoms with Crippen LogP contribution in [0.25, 0.3) is 0 Å². The molecule has 10 heavy (non-hydrogen) atoms. The number of carbonyl (C=O) groups excluding carboxylic acids is 1. The highest BCUT2D eigenvalue weighted by Gasteiger charge is 2.08. The lowest BCUT2D eigenvalue weighted by Crippen LogP contribution is -2.39. The van der Waals surface area contributed by atoms with Gasteiger partial charge in [0, 0.05) is 18.4 Å². The Balaban J connectivity index is 3.83. The van der Waals surface area contributed by atoms with Crippen LogP contribution in [-0.2, 0) is 4.79 Å². The van der Waals surface area contributed by atoms with E-state index in [0.717, 1.165) is 0 Å². The smallest absolute Gasteiger partial charge is 0.217 e. The fourth-order valence-electron chi connectivity index (χ4n) is 0.536. The van der Waals surface area contributed by atoms with E-state index in [1.54, 1.807) is 6.92 Å². The molecule has 0 aliphatic heterocycles. The predicted octanol–water partition coefficient (Wildman–Crippen LogP) is 0.461. The topological polar surface area (TPSA) is 53.0 Å². The second-order valence-corrected chi connectivity index (χ2v) is 2.48. The van der Waals surface area contributed by atoms with E-state index in [4.69, 9.17) is 5.41 Å². The van der Waals surface area contributed by atoms with Gasteiger partial charge in [-0.05, 0) is 6.92 Å². The third-order valence-electron chi connectivity index (χ3n) is 1.08. The lowest BCUT2D eigenvalue weighted by molar-refractivity contribution is -0.119. The monoisotopic (exact) mass is 160 g/mol. The van der Waals surface area contributed by atoms with Crippen molar-refractivity contribution in [1.82, 2.24) is 5.32 Å². The molecule has 0 aromatic heterocycles. The van der Waals surface area contributed by atoms with E-state index in [-0.39, 0.29) is 11.9 Å². The fourth-order valence-corrected chi connectivity index (χ4v) is 0.901. The fraction of sp³-hybridized carbons (Fsp3) is 0.667. The van der Waals surface area contributed by atoms with Crippen LogP contribution in [-0.4, -0.2) is 23.4 Å². The largest absolute Gasteiger partial charge is 0.348 e. The molecule has 58 valence electrons. The summed E-state index contributed by atoms with van der Waals surface area (Å²) in [5.74, 6) is 0.361. The predicted molar refractivity (Wildman–Crippen MR) is 44.9 cm³/mol. The van der Waals surface area contributed by atoms with Gasteiger partial charge in [-0.2, -0.15) is 12.6 Å². The minimum absolute atomic E-state index is 0.120. The summed E-state index contributed by atoms with van der Waals surface area (Å²) in [5, 5.41) is 9.77. The molecular weight excluding hydrogens is 148 g/mol. The van der Waals surface area contributed by atoms with Crippen LogP contribution in [0.1, 0.15) is 13.8 Å². The van der Waals surface area contributed by atoms with Crippen LogP contribution in [0.3, 0.4) is 0 Å². The summed E-state index contributed by atoms with van der Waals surface area (Å²) in [6.07, 6.45) is 0. The Hall–Kier alpha value is -0.510. The molecule has 0 rings (SSSR count). The van der Waals surface area contributed by atoms with E-state index in [0.29, 0.717) is 11.5 Å². The number of hydrogen-bond donors (Lipinski definition) is 3. The van der Waals surface area contributed by atoms with Crippen molar-refractivity contribution in [2.45, 2.75) is 19.9 Å². The second-order valence-electron chi connectivity index (χ2n) is 2.12. The van der Waals surface area contributed by atoms with Crippen molar-refractivity contribution in [3.05, 3.63) is 0 Å². The Morgan fingerprint density at radius 3 is 2.30 bits per heavy atom. The Labute approximate surface area is 66.1 Å². The number of rotatable bonds is 3. The van der Waals surface area contributed by atoms with Gasteiger partial charge in [-0.15, -0.1) is 0 Å². The molecular formula is C6H12N2OS. The average molecular weight is 160 g/mol. The molecule has 0 radical (unpaired) electrons. The van der Waals surface area contributed by atoms with Gasteiger partial charge < -0.3 is 10.7 Å². The number of nitrogens with one attached hydrogen (secondary N) is 2. The number of carbonyl (C=O) groups is 1. The molecule has 4 heteroatoms. The van der Waals surface area contributed by atoms with E-state index >= 15 is 0 Å². The van der Waals surface area contributed by atoms with Crippen molar-refractivity contribution in [2.24, 2.45) is 0 Å². The second kappa shape index (κ2) is 4.33. The Bertz CT molecular complexity index is 147. The zero-order valence-electron chi connectivity index (χ0n) is 6.14. The van der Waals surface area contributed by atoms with Gasteiger partial charge in [-0.1, -0.05) is 0 Å². The highest BCUT2D eigenvalue weighted by Crippen LogP contribution is 1.89. The maximum atomic E-state index is 10.5. The van der Waals surface area contributed by atoms with Crippen LogP contribution in [0.4, 0.5) is 0 Å². The number of amides is 1. The Morgan fingerprint density at radius 2 is 2.20 bits per heavy atom. The molecule has 0 saturated carbocycles. The average Bonchev–Trinajstić information content (AvgIpc) is 1.81. The maximum absolute atomic E-state index is 10.5. The molecule has 0 aromatic rings. The summed E-state index contributed by atoms with van der Waals surface area (Å²) in [6.45, 7) is 3.08. The zero-order chi connectivity index (χ0) is 8.15. The van der Waals surface area contributed by atoms with E-state index in [1.807, 2.05) is 0 Å². The van der Waals surface area contributed by atoms with E-state index in [1.165, 1.54) is 6.92 Å². The number of hydrogen-bond acceptors (Lipinski definition) is 3. The molecule has 1 amide bonds. The van der Waals surface area contributed by atoms with Crippen molar-refractivity contribution >= 4 is 24.2 Å². The first-order chi connectivity index (χ1) is 4.57. The molecule has 0 heterocycles. The van der Waals surface area contributed by atoms with Crippen LogP contribution in [0.15, 0.2) is 0 Å². The van der Waals surface area contributed by atoms with E-state index < -0.39 is 0 Å². The summed E-state index contributed by atoms with van der Waals surface area (Å²) < 4.78 is 0. The highest BCUT2D eigenvalue weighted by molar-refractivity contribution is 7.80. The van der Waals surface area contributed by atoms with Crippen LogP contribution in [0.2, 0.25) is 0 Å². The summed E-state index contributed by atoms with van der Waals surface area (Å²) in [6, 6.07) is -0.208. The molecule has 3 nitrogen and oxygen atoms in total. The van der Waals surface area contributed by atoms with Gasteiger partial charge in [0.2, 0.25) is 5.91 Å². The summed E-state index contributed by atoms with van der Waals surface area (Å²) in [5.41, 5.74) is 0.435. The van der Waals surface area contributed by atoms with Crippen LogP contribution >= 0.6 is 12.6 Å². The van der Waals surface area contributed by atoms with Crippen molar-refractivity contribution < 1.29 is 4.79 Å². The van der Waals surface area contributed by atoms with Crippen molar-refractivity contribution in [3.8, 4) is 0 Å². The third-order valence-corrected chi connectivity index (χ3v) is 1.45. The van der Waals surface area contributed by atoms with Gasteiger partial charge in [-0.3, -0.25) is 4.79 Å². The summed E-state index contributed by atoms with van der Waals surface area (Å²) in [4.78, 5) is 10.5. The SMILES string of the molecule is CC(=N)C(CS)NC(C)=O. The lowest BCUT2D eigenvalue weighted by atomic mass is 10.2. The molecule has 2 N–H and O–H groups in total. The molecule has 0 spiro atoms. The summed E-state index contributed by atoms with van der Waals surface area (Å²) in [7, 11) is 0. The minimum Gasteiger partial charge on any atom is -0.348 e. The standard InChI is InChI=1S/C6H12N2OS/c1-4(7)6(3-10)8-5(2)9/h6-7,10H,3H2,1-2H3,(H,8,9). The first-order valence-corrected chi connectivity index (χ1v) is 3.64. The normalized spacial score (nSPS) is 12.3. The van der Waals surface area contributed by atoms with Crippen molar-refractivity contribution in [3.63, 3.8) is 0 Å². The quantitative estimate of drug-likeness (QED) is 0.408. The lowest BCUT2D eigenvalue weighted by Gasteiger charge is -2.12. The zero-order valence-corrected chi connectivity index (χ0v) is 7.03. The Morgan fingerprint density at radius 1 is 1.70 bits per heavy atom. The Kier molecular flexibility index (Phi) is 4.11. The minimum atomic E-state index is -0.208. The molecule has 0 aliphatic rings. The van der Waals surface area contributed by atoms with E-state index in [2.05, 4.69) is 17.9 Å². The van der Waals surface area contributed by atoms with Gasteiger partial charge in [0.1, 0.15) is 0 Å². The molecule has 1 unspecified atom stereocenters.